The number of aromatic nitrogens is 3. The molecule has 0 N–H and O–H groups in total. The van der Waals surface area contributed by atoms with Gasteiger partial charge in [0.05, 0.1) is 23.8 Å². The number of ether oxygens (including phenoxy) is 1. The lowest BCUT2D eigenvalue weighted by Crippen LogP contribution is -2.37. The Labute approximate surface area is 193 Å². The van der Waals surface area contributed by atoms with Crippen molar-refractivity contribution in [3.05, 3.63) is 59.7 Å². The second kappa shape index (κ2) is 9.62. The van der Waals surface area contributed by atoms with Crippen LogP contribution in [0.1, 0.15) is 11.1 Å². The van der Waals surface area contributed by atoms with Crippen molar-refractivity contribution in [2.45, 2.75) is 22.7 Å². The second-order valence-electron chi connectivity index (χ2n) is 7.78. The van der Waals surface area contributed by atoms with Crippen LogP contribution in [-0.4, -0.2) is 67.9 Å². The number of aryl methyl sites for hydroxylation is 1. The second-order valence-corrected chi connectivity index (χ2v) is 10.9. The maximum atomic E-state index is 12.5. The Hall–Kier alpha value is -2.40. The van der Waals surface area contributed by atoms with Gasteiger partial charge in [0.1, 0.15) is 0 Å². The lowest BCUT2D eigenvalue weighted by atomic mass is 10.2. The average molecular weight is 474 g/mol. The third-order valence-electron chi connectivity index (χ3n) is 5.25. The molecule has 8 nitrogen and oxygen atoms in total. The maximum absolute atomic E-state index is 12.5. The van der Waals surface area contributed by atoms with Crippen molar-refractivity contribution in [2.75, 3.05) is 45.3 Å². The minimum atomic E-state index is -3.48. The van der Waals surface area contributed by atoms with E-state index < -0.39 is 10.0 Å². The molecule has 0 aliphatic carbocycles. The zero-order valence-electron chi connectivity index (χ0n) is 18.4. The van der Waals surface area contributed by atoms with Crippen molar-refractivity contribution >= 4 is 27.7 Å². The van der Waals surface area contributed by atoms with Gasteiger partial charge in [0.2, 0.25) is 16.0 Å². The van der Waals surface area contributed by atoms with Crippen molar-refractivity contribution in [3.63, 3.8) is 0 Å². The molecule has 1 saturated heterocycles. The van der Waals surface area contributed by atoms with Gasteiger partial charge in [-0.2, -0.15) is 0 Å². The quantitative estimate of drug-likeness (QED) is 0.488. The van der Waals surface area contributed by atoms with Gasteiger partial charge in [-0.15, -0.1) is 10.2 Å². The van der Waals surface area contributed by atoms with E-state index in [1.807, 2.05) is 6.07 Å². The van der Waals surface area contributed by atoms with Crippen molar-refractivity contribution in [3.8, 4) is 5.69 Å². The molecule has 10 heteroatoms. The lowest BCUT2D eigenvalue weighted by Gasteiger charge is -2.28. The predicted molar refractivity (Wildman–Crippen MR) is 126 cm³/mol. The summed E-state index contributed by atoms with van der Waals surface area (Å²) in [5.74, 6) is 1.37. The van der Waals surface area contributed by atoms with Crippen molar-refractivity contribution in [1.82, 2.24) is 19.1 Å². The van der Waals surface area contributed by atoms with Crippen molar-refractivity contribution in [1.29, 1.82) is 0 Å². The highest BCUT2D eigenvalue weighted by molar-refractivity contribution is 7.98. The summed E-state index contributed by atoms with van der Waals surface area (Å²) in [5, 5.41) is 9.72. The van der Waals surface area contributed by atoms with E-state index >= 15 is 0 Å². The fraction of sp³-hybridized carbons (Fsp3) is 0.364. The van der Waals surface area contributed by atoms with Gasteiger partial charge in [-0.25, -0.2) is 12.7 Å². The normalized spacial score (nSPS) is 14.8. The summed E-state index contributed by atoms with van der Waals surface area (Å²) in [4.78, 5) is 2.47. The first-order valence-corrected chi connectivity index (χ1v) is 12.8. The number of morpholine rings is 1. The fourth-order valence-electron chi connectivity index (χ4n) is 3.40. The minimum absolute atomic E-state index is 0.287. The van der Waals surface area contributed by atoms with Crippen molar-refractivity contribution in [2.24, 2.45) is 0 Å². The van der Waals surface area contributed by atoms with E-state index in [0.717, 1.165) is 35.4 Å². The van der Waals surface area contributed by atoms with E-state index in [-0.39, 0.29) is 4.90 Å². The van der Waals surface area contributed by atoms with E-state index in [1.54, 1.807) is 18.2 Å². The Morgan fingerprint density at radius 1 is 1.06 bits per heavy atom. The lowest BCUT2D eigenvalue weighted by molar-refractivity contribution is 0.122. The number of hydrogen-bond donors (Lipinski definition) is 0. The zero-order chi connectivity index (χ0) is 22.7. The first-order chi connectivity index (χ1) is 15.4. The van der Waals surface area contributed by atoms with Gasteiger partial charge in [0.15, 0.2) is 5.16 Å². The number of anilines is 1. The summed E-state index contributed by atoms with van der Waals surface area (Å²) < 4.78 is 33.7. The van der Waals surface area contributed by atoms with Crippen LogP contribution in [0.3, 0.4) is 0 Å². The molecular formula is C22H27N5O3S2. The number of nitrogens with zero attached hydrogens (tertiary/aromatic N) is 5. The number of thioether (sulfide) groups is 1. The largest absolute Gasteiger partial charge is 0.378 e. The summed E-state index contributed by atoms with van der Waals surface area (Å²) in [6.07, 6.45) is 0. The van der Waals surface area contributed by atoms with Crippen LogP contribution >= 0.6 is 11.8 Å². The first-order valence-electron chi connectivity index (χ1n) is 10.4. The molecule has 2 aromatic carbocycles. The fourth-order valence-corrected chi connectivity index (χ4v) is 5.26. The van der Waals surface area contributed by atoms with Crippen LogP contribution in [0.25, 0.3) is 5.69 Å². The van der Waals surface area contributed by atoms with Crippen LogP contribution < -0.4 is 4.90 Å². The molecule has 32 heavy (non-hydrogen) atoms. The monoisotopic (exact) mass is 473 g/mol. The Bertz CT molecular complexity index is 1170. The van der Waals surface area contributed by atoms with E-state index in [9.17, 15) is 8.42 Å². The number of sulfonamides is 1. The molecule has 1 aromatic heterocycles. The number of benzene rings is 2. The molecule has 2 heterocycles. The first kappa shape index (κ1) is 22.8. The van der Waals surface area contributed by atoms with Gasteiger partial charge in [-0.05, 0) is 36.8 Å². The predicted octanol–water partition coefficient (Wildman–Crippen LogP) is 2.95. The smallest absolute Gasteiger partial charge is 0.242 e. The van der Waals surface area contributed by atoms with Gasteiger partial charge in [-0.1, -0.05) is 41.6 Å². The van der Waals surface area contributed by atoms with Crippen LogP contribution in [0.5, 0.6) is 0 Å². The average Bonchev–Trinajstić information content (AvgIpc) is 3.23. The van der Waals surface area contributed by atoms with Gasteiger partial charge in [-0.3, -0.25) is 4.57 Å². The minimum Gasteiger partial charge on any atom is -0.378 e. The van der Waals surface area contributed by atoms with Gasteiger partial charge in [0.25, 0.3) is 0 Å². The molecule has 170 valence electrons. The highest BCUT2D eigenvalue weighted by Gasteiger charge is 2.22. The molecular weight excluding hydrogens is 446 g/mol. The highest BCUT2D eigenvalue weighted by atomic mass is 32.2. The number of rotatable bonds is 7. The van der Waals surface area contributed by atoms with Gasteiger partial charge < -0.3 is 9.64 Å². The third-order valence-corrected chi connectivity index (χ3v) is 8.06. The third kappa shape index (κ3) is 4.83. The van der Waals surface area contributed by atoms with Gasteiger partial charge >= 0.3 is 0 Å². The molecule has 0 spiro atoms. The maximum Gasteiger partial charge on any atom is 0.242 e. The number of hydrogen-bond acceptors (Lipinski definition) is 7. The zero-order valence-corrected chi connectivity index (χ0v) is 20.1. The van der Waals surface area contributed by atoms with E-state index in [1.165, 1.54) is 35.7 Å². The topological polar surface area (TPSA) is 80.6 Å². The Morgan fingerprint density at radius 3 is 2.47 bits per heavy atom. The summed E-state index contributed by atoms with van der Waals surface area (Å²) in [5.41, 5.74) is 3.08. The molecule has 0 atom stereocenters. The molecule has 1 fully saturated rings. The Morgan fingerprint density at radius 2 is 1.78 bits per heavy atom. The highest BCUT2D eigenvalue weighted by Crippen LogP contribution is 2.30. The molecule has 0 saturated carbocycles. The SMILES string of the molecule is Cc1ccc(-n2c(SCc3cccc(S(=O)(=O)N(C)C)c3)nnc2N2CCOCC2)cc1. The molecule has 0 amide bonds. The summed E-state index contributed by atoms with van der Waals surface area (Å²) >= 11 is 1.53. The molecule has 3 aromatic rings. The summed E-state index contributed by atoms with van der Waals surface area (Å²) in [6, 6.07) is 15.3. The summed E-state index contributed by atoms with van der Waals surface area (Å²) in [6.45, 7) is 4.91. The summed E-state index contributed by atoms with van der Waals surface area (Å²) in [7, 11) is -0.404. The van der Waals surface area contributed by atoms with Crippen molar-refractivity contribution < 1.29 is 13.2 Å². The molecule has 1 aliphatic heterocycles. The van der Waals surface area contributed by atoms with Crippen LogP contribution in [-0.2, 0) is 20.5 Å². The molecule has 1 aliphatic rings. The van der Waals surface area contributed by atoms with Gasteiger partial charge in [0, 0.05) is 32.9 Å². The van der Waals surface area contributed by atoms with E-state index in [0.29, 0.717) is 19.0 Å². The Balaban J connectivity index is 1.63. The molecule has 0 radical (unpaired) electrons. The van der Waals surface area contributed by atoms with E-state index in [2.05, 4.69) is 50.9 Å². The van der Waals surface area contributed by atoms with Crippen LogP contribution in [0, 0.1) is 6.92 Å². The Kier molecular flexibility index (Phi) is 6.85. The molecule has 0 unspecified atom stereocenters. The molecule has 4 rings (SSSR count). The van der Waals surface area contributed by atoms with Crippen LogP contribution in [0.4, 0.5) is 5.95 Å². The van der Waals surface area contributed by atoms with Crippen LogP contribution in [0.15, 0.2) is 58.6 Å². The molecule has 0 bridgehead atoms. The van der Waals surface area contributed by atoms with E-state index in [4.69, 9.17) is 4.74 Å². The van der Waals surface area contributed by atoms with Crippen LogP contribution in [0.2, 0.25) is 0 Å². The standard InChI is InChI=1S/C22H27N5O3S2/c1-17-7-9-19(10-8-17)27-21(26-11-13-30-14-12-26)23-24-22(27)31-16-18-5-4-6-20(15-18)32(28,29)25(2)3/h4-10,15H,11-14,16H2,1-3H3.